The molecule has 2 heterocycles. The Kier molecular flexibility index (Phi) is 6.13. The van der Waals surface area contributed by atoms with E-state index in [0.29, 0.717) is 37.5 Å². The number of nitrogens with zero attached hydrogens (tertiary/aromatic N) is 3. The highest BCUT2D eigenvalue weighted by atomic mass is 16.5. The Hall–Kier alpha value is -3.09. The molecule has 3 amide bonds. The molecule has 1 N–H and O–H groups in total. The van der Waals surface area contributed by atoms with Crippen molar-refractivity contribution in [1.29, 1.82) is 0 Å². The Morgan fingerprint density at radius 2 is 1.82 bits per heavy atom. The van der Waals surface area contributed by atoms with Gasteiger partial charge in [-0.2, -0.15) is 0 Å². The van der Waals surface area contributed by atoms with Gasteiger partial charge in [0.05, 0.1) is 18.8 Å². The van der Waals surface area contributed by atoms with Crippen LogP contribution in [-0.4, -0.2) is 60.0 Å². The van der Waals surface area contributed by atoms with Gasteiger partial charge in [-0.1, -0.05) is 12.1 Å². The number of carbonyl (C=O) groups is 2. The molecule has 1 atom stereocenters. The van der Waals surface area contributed by atoms with Crippen LogP contribution in [0.4, 0.5) is 4.79 Å². The molecular formula is C21H26N4O3. The van der Waals surface area contributed by atoms with Crippen LogP contribution in [0.2, 0.25) is 0 Å². The van der Waals surface area contributed by atoms with E-state index in [-0.39, 0.29) is 18.0 Å². The zero-order chi connectivity index (χ0) is 20.1. The van der Waals surface area contributed by atoms with Crippen LogP contribution in [0.1, 0.15) is 34.6 Å². The molecule has 28 heavy (non-hydrogen) atoms. The predicted molar refractivity (Wildman–Crippen MR) is 106 cm³/mol. The number of benzene rings is 1. The van der Waals surface area contributed by atoms with Crippen LogP contribution in [0.3, 0.4) is 0 Å². The Labute approximate surface area is 165 Å². The third kappa shape index (κ3) is 4.42. The summed E-state index contributed by atoms with van der Waals surface area (Å²) in [6, 6.07) is 10.8. The molecule has 0 aliphatic carbocycles. The number of hydrogen-bond acceptors (Lipinski definition) is 4. The molecule has 7 nitrogen and oxygen atoms in total. The minimum absolute atomic E-state index is 0.0415. The number of hydrogen-bond donors (Lipinski definition) is 1. The van der Waals surface area contributed by atoms with E-state index < -0.39 is 0 Å². The number of rotatable bonds is 4. The highest BCUT2D eigenvalue weighted by Gasteiger charge is 2.26. The number of ether oxygens (including phenoxy) is 1. The highest BCUT2D eigenvalue weighted by molar-refractivity contribution is 5.95. The van der Waals surface area contributed by atoms with Gasteiger partial charge in [-0.3, -0.25) is 9.78 Å². The number of pyridine rings is 1. The molecule has 1 aromatic heterocycles. The number of aromatic nitrogens is 1. The third-order valence-corrected chi connectivity index (χ3v) is 4.98. The van der Waals surface area contributed by atoms with Crippen LogP contribution in [0.5, 0.6) is 5.75 Å². The minimum atomic E-state index is -0.173. The molecule has 0 bridgehead atoms. The topological polar surface area (TPSA) is 74.8 Å². The van der Waals surface area contributed by atoms with Gasteiger partial charge in [0.2, 0.25) is 0 Å². The van der Waals surface area contributed by atoms with Crippen molar-refractivity contribution in [2.75, 3.05) is 33.3 Å². The van der Waals surface area contributed by atoms with E-state index in [4.69, 9.17) is 4.74 Å². The van der Waals surface area contributed by atoms with Gasteiger partial charge >= 0.3 is 6.03 Å². The lowest BCUT2D eigenvalue weighted by Crippen LogP contribution is -2.53. The van der Waals surface area contributed by atoms with Gasteiger partial charge in [0.1, 0.15) is 5.75 Å². The predicted octanol–water partition coefficient (Wildman–Crippen LogP) is 2.63. The first-order valence-corrected chi connectivity index (χ1v) is 9.40. The molecule has 7 heteroatoms. The Morgan fingerprint density at radius 1 is 1.11 bits per heavy atom. The summed E-state index contributed by atoms with van der Waals surface area (Å²) in [5.41, 5.74) is 2.41. The number of methoxy groups -OCH3 is 1. The van der Waals surface area contributed by atoms with Crippen LogP contribution in [0.25, 0.3) is 0 Å². The van der Waals surface area contributed by atoms with E-state index in [1.165, 1.54) is 0 Å². The summed E-state index contributed by atoms with van der Waals surface area (Å²) in [4.78, 5) is 33.1. The first kappa shape index (κ1) is 19.7. The standard InChI is InChI=1S/C21H26N4O3/c1-15-7-8-17(14-19(15)28-3)20(26)24-10-12-25(13-11-24)21(27)23-16(2)18-6-4-5-9-22-18/h4-9,14,16H,10-13H2,1-3H3,(H,23,27). The number of urea groups is 1. The molecule has 2 aromatic rings. The molecule has 1 unspecified atom stereocenters. The molecule has 1 aliphatic heterocycles. The summed E-state index contributed by atoms with van der Waals surface area (Å²) in [5.74, 6) is 0.660. The van der Waals surface area contributed by atoms with Crippen molar-refractivity contribution < 1.29 is 14.3 Å². The van der Waals surface area contributed by atoms with E-state index in [9.17, 15) is 9.59 Å². The first-order chi connectivity index (χ1) is 13.5. The zero-order valence-corrected chi connectivity index (χ0v) is 16.5. The Balaban J connectivity index is 1.55. The van der Waals surface area contributed by atoms with E-state index in [1.807, 2.05) is 44.2 Å². The van der Waals surface area contributed by atoms with Crippen molar-refractivity contribution >= 4 is 11.9 Å². The second kappa shape index (κ2) is 8.73. The summed E-state index contributed by atoms with van der Waals surface area (Å²) < 4.78 is 5.31. The molecule has 148 valence electrons. The fourth-order valence-electron chi connectivity index (χ4n) is 3.23. The molecule has 1 fully saturated rings. The van der Waals surface area contributed by atoms with Gasteiger partial charge < -0.3 is 19.9 Å². The van der Waals surface area contributed by atoms with Crippen LogP contribution in [-0.2, 0) is 0 Å². The maximum Gasteiger partial charge on any atom is 0.318 e. The lowest BCUT2D eigenvalue weighted by Gasteiger charge is -2.35. The number of piperazine rings is 1. The number of aryl methyl sites for hydroxylation is 1. The lowest BCUT2D eigenvalue weighted by atomic mass is 10.1. The molecular weight excluding hydrogens is 356 g/mol. The van der Waals surface area contributed by atoms with Crippen molar-refractivity contribution in [3.63, 3.8) is 0 Å². The summed E-state index contributed by atoms with van der Waals surface area (Å²) in [5, 5.41) is 2.97. The summed E-state index contributed by atoms with van der Waals surface area (Å²) in [6.45, 7) is 5.84. The molecule has 0 saturated carbocycles. The second-order valence-electron chi connectivity index (χ2n) is 6.89. The fraction of sp³-hybridized carbons (Fsp3) is 0.381. The van der Waals surface area contributed by atoms with Crippen molar-refractivity contribution in [2.24, 2.45) is 0 Å². The van der Waals surface area contributed by atoms with E-state index in [0.717, 1.165) is 11.3 Å². The van der Waals surface area contributed by atoms with Crippen LogP contribution in [0, 0.1) is 6.92 Å². The van der Waals surface area contributed by atoms with Crippen molar-refractivity contribution in [2.45, 2.75) is 19.9 Å². The lowest BCUT2D eigenvalue weighted by molar-refractivity contribution is 0.0663. The van der Waals surface area contributed by atoms with Gasteiger partial charge in [-0.15, -0.1) is 0 Å². The fourth-order valence-corrected chi connectivity index (χ4v) is 3.23. The summed E-state index contributed by atoms with van der Waals surface area (Å²) in [6.07, 6.45) is 1.71. The van der Waals surface area contributed by atoms with Crippen molar-refractivity contribution in [3.05, 3.63) is 59.4 Å². The zero-order valence-electron chi connectivity index (χ0n) is 16.5. The number of carbonyl (C=O) groups excluding carboxylic acids is 2. The van der Waals surface area contributed by atoms with Gasteiger partial charge in [0.25, 0.3) is 5.91 Å². The molecule has 0 spiro atoms. The largest absolute Gasteiger partial charge is 0.496 e. The van der Waals surface area contributed by atoms with E-state index in [2.05, 4.69) is 10.3 Å². The average molecular weight is 382 g/mol. The van der Waals surface area contributed by atoms with E-state index in [1.54, 1.807) is 29.2 Å². The summed E-state index contributed by atoms with van der Waals surface area (Å²) in [7, 11) is 1.60. The quantitative estimate of drug-likeness (QED) is 0.882. The van der Waals surface area contributed by atoms with Gasteiger partial charge in [-0.05, 0) is 43.7 Å². The van der Waals surface area contributed by atoms with Crippen LogP contribution >= 0.6 is 0 Å². The number of nitrogens with one attached hydrogen (secondary N) is 1. The molecule has 3 rings (SSSR count). The average Bonchev–Trinajstić information content (AvgIpc) is 2.74. The number of amides is 3. The minimum Gasteiger partial charge on any atom is -0.496 e. The third-order valence-electron chi connectivity index (χ3n) is 4.98. The van der Waals surface area contributed by atoms with Gasteiger partial charge in [0, 0.05) is 37.9 Å². The SMILES string of the molecule is COc1cc(C(=O)N2CCN(C(=O)NC(C)c3ccccn3)CC2)ccc1C. The van der Waals surface area contributed by atoms with Crippen molar-refractivity contribution in [1.82, 2.24) is 20.1 Å². The van der Waals surface area contributed by atoms with Crippen LogP contribution in [0.15, 0.2) is 42.6 Å². The maximum absolute atomic E-state index is 12.8. The summed E-state index contributed by atoms with van der Waals surface area (Å²) >= 11 is 0. The molecule has 1 saturated heterocycles. The smallest absolute Gasteiger partial charge is 0.318 e. The monoisotopic (exact) mass is 382 g/mol. The van der Waals surface area contributed by atoms with Crippen molar-refractivity contribution in [3.8, 4) is 5.75 Å². The van der Waals surface area contributed by atoms with Gasteiger partial charge in [0.15, 0.2) is 0 Å². The first-order valence-electron chi connectivity index (χ1n) is 9.40. The second-order valence-corrected chi connectivity index (χ2v) is 6.89. The highest BCUT2D eigenvalue weighted by Crippen LogP contribution is 2.20. The van der Waals surface area contributed by atoms with Crippen LogP contribution < -0.4 is 10.1 Å². The van der Waals surface area contributed by atoms with Gasteiger partial charge in [-0.25, -0.2) is 4.79 Å². The Morgan fingerprint density at radius 3 is 2.46 bits per heavy atom. The Bertz CT molecular complexity index is 833. The molecule has 1 aliphatic rings. The molecule has 0 radical (unpaired) electrons. The maximum atomic E-state index is 12.8. The van der Waals surface area contributed by atoms with E-state index >= 15 is 0 Å². The molecule has 1 aromatic carbocycles. The normalized spacial score (nSPS) is 15.1.